The summed E-state index contributed by atoms with van der Waals surface area (Å²) in [6.07, 6.45) is 1.43. The molecule has 2 aromatic carbocycles. The van der Waals surface area contributed by atoms with Gasteiger partial charge in [0.2, 0.25) is 5.88 Å². The first-order valence-electron chi connectivity index (χ1n) is 6.40. The van der Waals surface area contributed by atoms with E-state index < -0.39 is 4.92 Å². The molecule has 0 spiro atoms. The van der Waals surface area contributed by atoms with E-state index in [1.165, 1.54) is 18.5 Å². The predicted octanol–water partition coefficient (Wildman–Crippen LogP) is 3.88. The van der Waals surface area contributed by atoms with E-state index in [4.69, 9.17) is 4.74 Å². The molecule has 1 aromatic heterocycles. The Kier molecular flexibility index (Phi) is 3.97. The van der Waals surface area contributed by atoms with Crippen molar-refractivity contribution in [3.63, 3.8) is 0 Å². The molecule has 0 unspecified atom stereocenters. The van der Waals surface area contributed by atoms with Gasteiger partial charge in [0.05, 0.1) is 15.8 Å². The molecule has 0 fully saturated rings. The second-order valence-electron chi connectivity index (χ2n) is 4.56. The van der Waals surface area contributed by atoms with Crippen LogP contribution in [0.1, 0.15) is 5.56 Å². The first-order valence-corrected chi connectivity index (χ1v) is 7.19. The lowest BCUT2D eigenvalue weighted by Gasteiger charge is -2.08. The summed E-state index contributed by atoms with van der Waals surface area (Å²) < 4.78 is 6.60. The zero-order valence-electron chi connectivity index (χ0n) is 11.3. The van der Waals surface area contributed by atoms with Gasteiger partial charge in [-0.25, -0.2) is 9.97 Å². The summed E-state index contributed by atoms with van der Waals surface area (Å²) in [5, 5.41) is 11.6. The van der Waals surface area contributed by atoms with Crippen molar-refractivity contribution in [2.24, 2.45) is 0 Å². The number of nitro benzene ring substituents is 1. The molecule has 6 nitrogen and oxygen atoms in total. The van der Waals surface area contributed by atoms with Gasteiger partial charge in [0.15, 0.2) is 0 Å². The highest BCUT2D eigenvalue weighted by molar-refractivity contribution is 9.10. The molecule has 0 N–H and O–H groups in total. The maximum absolute atomic E-state index is 10.8. The van der Waals surface area contributed by atoms with Crippen molar-refractivity contribution in [2.75, 3.05) is 0 Å². The molecule has 0 saturated carbocycles. The standard InChI is InChI=1S/C15H10BrN3O3/c16-11-4-5-14-13(7-11)15(18-9-17-14)22-8-10-2-1-3-12(6-10)19(20)21/h1-7,9H,8H2. The monoisotopic (exact) mass is 359 g/mol. The van der Waals surface area contributed by atoms with Crippen molar-refractivity contribution in [1.29, 1.82) is 0 Å². The summed E-state index contributed by atoms with van der Waals surface area (Å²) >= 11 is 3.40. The van der Waals surface area contributed by atoms with Gasteiger partial charge >= 0.3 is 0 Å². The van der Waals surface area contributed by atoms with Crippen molar-refractivity contribution in [3.8, 4) is 5.88 Å². The van der Waals surface area contributed by atoms with Crippen molar-refractivity contribution < 1.29 is 9.66 Å². The molecule has 3 aromatic rings. The maximum atomic E-state index is 10.8. The van der Waals surface area contributed by atoms with E-state index in [1.807, 2.05) is 18.2 Å². The molecule has 7 heteroatoms. The van der Waals surface area contributed by atoms with E-state index in [9.17, 15) is 10.1 Å². The molecular formula is C15H10BrN3O3. The lowest BCUT2D eigenvalue weighted by atomic mass is 10.2. The normalized spacial score (nSPS) is 10.6. The third-order valence-corrected chi connectivity index (χ3v) is 3.55. The second-order valence-corrected chi connectivity index (χ2v) is 5.47. The Morgan fingerprint density at radius 3 is 2.86 bits per heavy atom. The van der Waals surface area contributed by atoms with E-state index in [0.29, 0.717) is 11.4 Å². The van der Waals surface area contributed by atoms with E-state index in [2.05, 4.69) is 25.9 Å². The molecule has 0 atom stereocenters. The Morgan fingerprint density at radius 1 is 1.18 bits per heavy atom. The third kappa shape index (κ3) is 3.04. The lowest BCUT2D eigenvalue weighted by Crippen LogP contribution is -1.99. The molecular weight excluding hydrogens is 350 g/mol. The fourth-order valence-electron chi connectivity index (χ4n) is 2.03. The van der Waals surface area contributed by atoms with Crippen molar-refractivity contribution in [2.45, 2.75) is 6.61 Å². The van der Waals surface area contributed by atoms with Crippen LogP contribution in [0.25, 0.3) is 10.9 Å². The molecule has 0 amide bonds. The Hall–Kier alpha value is -2.54. The van der Waals surface area contributed by atoms with Crippen LogP contribution in [0.3, 0.4) is 0 Å². The fourth-order valence-corrected chi connectivity index (χ4v) is 2.39. The summed E-state index contributed by atoms with van der Waals surface area (Å²) in [6.45, 7) is 0.195. The smallest absolute Gasteiger partial charge is 0.269 e. The number of ether oxygens (including phenoxy) is 1. The number of hydrogen-bond donors (Lipinski definition) is 0. The Morgan fingerprint density at radius 2 is 2.05 bits per heavy atom. The molecule has 0 saturated heterocycles. The predicted molar refractivity (Wildman–Crippen MR) is 84.7 cm³/mol. The van der Waals surface area contributed by atoms with Crippen LogP contribution < -0.4 is 4.74 Å². The van der Waals surface area contributed by atoms with Gasteiger partial charge in [0.25, 0.3) is 5.69 Å². The van der Waals surface area contributed by atoms with E-state index in [0.717, 1.165) is 15.4 Å². The summed E-state index contributed by atoms with van der Waals surface area (Å²) in [5.74, 6) is 0.442. The number of nitrogens with zero attached hydrogens (tertiary/aromatic N) is 3. The molecule has 3 rings (SSSR count). The van der Waals surface area contributed by atoms with Gasteiger partial charge in [-0.1, -0.05) is 28.1 Å². The van der Waals surface area contributed by atoms with Crippen LogP contribution >= 0.6 is 15.9 Å². The van der Waals surface area contributed by atoms with Crippen LogP contribution in [0.2, 0.25) is 0 Å². The molecule has 0 aliphatic heterocycles. The van der Waals surface area contributed by atoms with Gasteiger partial charge in [0, 0.05) is 16.6 Å². The molecule has 1 heterocycles. The molecule has 0 aliphatic rings. The van der Waals surface area contributed by atoms with Gasteiger partial charge in [-0.3, -0.25) is 10.1 Å². The molecule has 22 heavy (non-hydrogen) atoms. The minimum Gasteiger partial charge on any atom is -0.472 e. The van der Waals surface area contributed by atoms with Crippen molar-refractivity contribution in [3.05, 3.63) is 68.9 Å². The van der Waals surface area contributed by atoms with Crippen LogP contribution in [-0.2, 0) is 6.61 Å². The van der Waals surface area contributed by atoms with E-state index in [1.54, 1.807) is 12.1 Å². The first kappa shape index (κ1) is 14.4. The Balaban J connectivity index is 1.86. The highest BCUT2D eigenvalue weighted by atomic mass is 79.9. The van der Waals surface area contributed by atoms with Gasteiger partial charge in [0.1, 0.15) is 12.9 Å². The number of aromatic nitrogens is 2. The zero-order valence-corrected chi connectivity index (χ0v) is 12.9. The Labute approximate surface area is 134 Å². The summed E-state index contributed by atoms with van der Waals surface area (Å²) in [4.78, 5) is 18.7. The van der Waals surface area contributed by atoms with Gasteiger partial charge in [-0.2, -0.15) is 0 Å². The summed E-state index contributed by atoms with van der Waals surface area (Å²) in [5.41, 5.74) is 1.51. The third-order valence-electron chi connectivity index (χ3n) is 3.06. The summed E-state index contributed by atoms with van der Waals surface area (Å²) in [6, 6.07) is 12.0. The number of hydrogen-bond acceptors (Lipinski definition) is 5. The second kappa shape index (κ2) is 6.07. The number of benzene rings is 2. The van der Waals surface area contributed by atoms with Crippen molar-refractivity contribution in [1.82, 2.24) is 9.97 Å². The molecule has 0 radical (unpaired) electrons. The largest absolute Gasteiger partial charge is 0.472 e. The molecule has 110 valence electrons. The number of halogens is 1. The number of nitro groups is 1. The highest BCUT2D eigenvalue weighted by Crippen LogP contribution is 2.25. The van der Waals surface area contributed by atoms with Crippen LogP contribution in [0.4, 0.5) is 5.69 Å². The number of fused-ring (bicyclic) bond motifs is 1. The quantitative estimate of drug-likeness (QED) is 0.521. The van der Waals surface area contributed by atoms with Crippen LogP contribution in [0.5, 0.6) is 5.88 Å². The van der Waals surface area contributed by atoms with E-state index in [-0.39, 0.29) is 12.3 Å². The number of non-ortho nitro benzene ring substituents is 1. The Bertz CT molecular complexity index is 854. The van der Waals surface area contributed by atoms with Crippen LogP contribution in [0, 0.1) is 10.1 Å². The highest BCUT2D eigenvalue weighted by Gasteiger charge is 2.08. The topological polar surface area (TPSA) is 78.2 Å². The molecule has 0 bridgehead atoms. The lowest BCUT2D eigenvalue weighted by molar-refractivity contribution is -0.384. The zero-order chi connectivity index (χ0) is 15.5. The van der Waals surface area contributed by atoms with Gasteiger partial charge in [-0.15, -0.1) is 0 Å². The van der Waals surface area contributed by atoms with Crippen molar-refractivity contribution >= 4 is 32.5 Å². The average molecular weight is 360 g/mol. The van der Waals surface area contributed by atoms with Gasteiger partial charge < -0.3 is 4.74 Å². The van der Waals surface area contributed by atoms with Crippen LogP contribution in [-0.4, -0.2) is 14.9 Å². The number of rotatable bonds is 4. The average Bonchev–Trinajstić information content (AvgIpc) is 2.53. The minimum absolute atomic E-state index is 0.0383. The van der Waals surface area contributed by atoms with Gasteiger partial charge in [-0.05, 0) is 23.8 Å². The maximum Gasteiger partial charge on any atom is 0.269 e. The fraction of sp³-hybridized carbons (Fsp3) is 0.0667. The minimum atomic E-state index is -0.430. The molecule has 0 aliphatic carbocycles. The SMILES string of the molecule is O=[N+]([O-])c1cccc(COc2ncnc3ccc(Br)cc23)c1. The summed E-state index contributed by atoms with van der Waals surface area (Å²) in [7, 11) is 0. The first-order chi connectivity index (χ1) is 10.6. The van der Waals surface area contributed by atoms with Crippen LogP contribution in [0.15, 0.2) is 53.3 Å². The van der Waals surface area contributed by atoms with E-state index >= 15 is 0 Å².